The topological polar surface area (TPSA) is 59.8 Å². The number of hydrogen-bond acceptors (Lipinski definition) is 5. The summed E-state index contributed by atoms with van der Waals surface area (Å²) in [6.07, 6.45) is 3.62. The molecular formula is C21H18N4OS2. The first-order valence-electron chi connectivity index (χ1n) is 8.67. The van der Waals surface area contributed by atoms with Crippen LogP contribution in [0.25, 0.3) is 16.4 Å². The van der Waals surface area contributed by atoms with Gasteiger partial charge in [-0.3, -0.25) is 9.36 Å². The Hall–Kier alpha value is -2.90. The second kappa shape index (κ2) is 8.00. The SMILES string of the molecule is CSc1ccccc1C(=O)Nc1cnc(C)n1-c1nc(-c2ccccc2)cs1. The summed E-state index contributed by atoms with van der Waals surface area (Å²) in [5.41, 5.74) is 2.60. The molecule has 140 valence electrons. The molecule has 0 aliphatic carbocycles. The van der Waals surface area contributed by atoms with Crippen LogP contribution < -0.4 is 5.32 Å². The number of thioether (sulfide) groups is 1. The van der Waals surface area contributed by atoms with Crippen molar-refractivity contribution < 1.29 is 4.79 Å². The van der Waals surface area contributed by atoms with E-state index < -0.39 is 0 Å². The number of anilines is 1. The Morgan fingerprint density at radius 2 is 1.86 bits per heavy atom. The summed E-state index contributed by atoms with van der Waals surface area (Å²) < 4.78 is 1.87. The van der Waals surface area contributed by atoms with Crippen LogP contribution in [0.3, 0.4) is 0 Å². The lowest BCUT2D eigenvalue weighted by molar-refractivity contribution is 0.102. The third-order valence-corrected chi connectivity index (χ3v) is 5.91. The minimum Gasteiger partial charge on any atom is -0.306 e. The van der Waals surface area contributed by atoms with Crippen LogP contribution in [0.5, 0.6) is 0 Å². The Bertz CT molecular complexity index is 1120. The highest BCUT2D eigenvalue weighted by atomic mass is 32.2. The maximum absolute atomic E-state index is 12.8. The second-order valence-electron chi connectivity index (χ2n) is 6.06. The predicted octanol–water partition coefficient (Wildman–Crippen LogP) is 5.28. The molecule has 4 aromatic rings. The molecule has 5 nitrogen and oxygen atoms in total. The summed E-state index contributed by atoms with van der Waals surface area (Å²) in [4.78, 5) is 22.9. The van der Waals surface area contributed by atoms with Gasteiger partial charge < -0.3 is 5.32 Å². The van der Waals surface area contributed by atoms with Crippen LogP contribution in [0.15, 0.2) is 71.1 Å². The van der Waals surface area contributed by atoms with E-state index in [0.717, 1.165) is 27.1 Å². The van der Waals surface area contributed by atoms with Crippen LogP contribution in [0.4, 0.5) is 5.82 Å². The van der Waals surface area contributed by atoms with Gasteiger partial charge in [-0.1, -0.05) is 42.5 Å². The lowest BCUT2D eigenvalue weighted by Gasteiger charge is -2.10. The lowest BCUT2D eigenvalue weighted by atomic mass is 10.2. The number of hydrogen-bond donors (Lipinski definition) is 1. The number of carbonyl (C=O) groups is 1. The maximum atomic E-state index is 12.8. The Morgan fingerprint density at radius 1 is 1.11 bits per heavy atom. The van der Waals surface area contributed by atoms with E-state index in [1.165, 1.54) is 11.3 Å². The first-order valence-corrected chi connectivity index (χ1v) is 10.8. The van der Waals surface area contributed by atoms with E-state index in [4.69, 9.17) is 4.98 Å². The monoisotopic (exact) mass is 406 g/mol. The number of nitrogens with zero attached hydrogens (tertiary/aromatic N) is 3. The van der Waals surface area contributed by atoms with E-state index in [9.17, 15) is 4.79 Å². The summed E-state index contributed by atoms with van der Waals surface area (Å²) in [6.45, 7) is 1.90. The van der Waals surface area contributed by atoms with E-state index in [-0.39, 0.29) is 5.91 Å². The van der Waals surface area contributed by atoms with Gasteiger partial charge in [0, 0.05) is 15.8 Å². The van der Waals surface area contributed by atoms with Crippen molar-refractivity contribution in [2.24, 2.45) is 0 Å². The first kappa shape index (κ1) is 18.5. The van der Waals surface area contributed by atoms with Gasteiger partial charge in [0.15, 0.2) is 5.13 Å². The molecule has 28 heavy (non-hydrogen) atoms. The van der Waals surface area contributed by atoms with Crippen molar-refractivity contribution in [2.45, 2.75) is 11.8 Å². The van der Waals surface area contributed by atoms with Crippen LogP contribution in [-0.4, -0.2) is 26.7 Å². The zero-order valence-electron chi connectivity index (χ0n) is 15.4. The molecule has 0 atom stereocenters. The fraction of sp³-hybridized carbons (Fsp3) is 0.0952. The standard InChI is InChI=1S/C21H18N4OS2/c1-14-22-12-19(24-20(26)16-10-6-7-11-18(16)27-2)25(14)21-23-17(13-28-21)15-8-4-3-5-9-15/h3-13H,1-2H3,(H,24,26). The second-order valence-corrected chi connectivity index (χ2v) is 7.75. The lowest BCUT2D eigenvalue weighted by Crippen LogP contribution is -2.15. The van der Waals surface area contributed by atoms with Crippen LogP contribution >= 0.6 is 23.1 Å². The highest BCUT2D eigenvalue weighted by Gasteiger charge is 2.17. The number of carbonyl (C=O) groups excluding carboxylic acids is 1. The quantitative estimate of drug-likeness (QED) is 0.458. The van der Waals surface area contributed by atoms with Crippen molar-refractivity contribution in [1.82, 2.24) is 14.5 Å². The number of imidazole rings is 1. The predicted molar refractivity (Wildman–Crippen MR) is 116 cm³/mol. The van der Waals surface area contributed by atoms with E-state index in [0.29, 0.717) is 11.4 Å². The van der Waals surface area contributed by atoms with Crippen molar-refractivity contribution in [3.63, 3.8) is 0 Å². The van der Waals surface area contributed by atoms with Crippen LogP contribution in [0.1, 0.15) is 16.2 Å². The molecule has 0 radical (unpaired) electrons. The minimum absolute atomic E-state index is 0.161. The fourth-order valence-electron chi connectivity index (χ4n) is 2.90. The summed E-state index contributed by atoms with van der Waals surface area (Å²) in [6, 6.07) is 17.6. The highest BCUT2D eigenvalue weighted by molar-refractivity contribution is 7.98. The largest absolute Gasteiger partial charge is 0.306 e. The molecule has 1 N–H and O–H groups in total. The molecule has 2 aromatic carbocycles. The normalized spacial score (nSPS) is 10.8. The maximum Gasteiger partial charge on any atom is 0.257 e. The van der Waals surface area contributed by atoms with Gasteiger partial charge in [0.1, 0.15) is 11.6 Å². The van der Waals surface area contributed by atoms with Gasteiger partial charge >= 0.3 is 0 Å². The summed E-state index contributed by atoms with van der Waals surface area (Å²) in [5.74, 6) is 1.21. The molecule has 0 unspecified atom stereocenters. The molecule has 7 heteroatoms. The van der Waals surface area contributed by atoms with Crippen LogP contribution in [0, 0.1) is 6.92 Å². The molecule has 4 rings (SSSR count). The van der Waals surface area contributed by atoms with Crippen molar-refractivity contribution in [2.75, 3.05) is 11.6 Å². The zero-order valence-corrected chi connectivity index (χ0v) is 17.1. The average Bonchev–Trinajstić information content (AvgIpc) is 3.35. The number of nitrogens with one attached hydrogen (secondary N) is 1. The number of thiazole rings is 1. The third kappa shape index (κ3) is 3.58. The number of aryl methyl sites for hydroxylation is 1. The van der Waals surface area contributed by atoms with Gasteiger partial charge in [0.25, 0.3) is 5.91 Å². The van der Waals surface area contributed by atoms with Gasteiger partial charge in [-0.25, -0.2) is 9.97 Å². The summed E-state index contributed by atoms with van der Waals surface area (Å²) in [7, 11) is 0. The number of benzene rings is 2. The van der Waals surface area contributed by atoms with Crippen LogP contribution in [-0.2, 0) is 0 Å². The molecule has 0 spiro atoms. The van der Waals surface area contributed by atoms with E-state index in [2.05, 4.69) is 10.3 Å². The Labute approximate surface area is 171 Å². The van der Waals surface area contributed by atoms with Crippen molar-refractivity contribution in [3.8, 4) is 16.4 Å². The molecule has 1 amide bonds. The number of rotatable bonds is 5. The molecule has 2 heterocycles. The molecular weight excluding hydrogens is 388 g/mol. The van der Waals surface area contributed by atoms with E-state index in [1.54, 1.807) is 18.0 Å². The average molecular weight is 407 g/mol. The summed E-state index contributed by atoms with van der Waals surface area (Å²) >= 11 is 3.06. The van der Waals surface area contributed by atoms with Gasteiger partial charge in [-0.15, -0.1) is 23.1 Å². The smallest absolute Gasteiger partial charge is 0.257 e. The highest BCUT2D eigenvalue weighted by Crippen LogP contribution is 2.28. The third-order valence-electron chi connectivity index (χ3n) is 4.28. The molecule has 0 aliphatic heterocycles. The summed E-state index contributed by atoms with van der Waals surface area (Å²) in [5, 5.41) is 5.76. The van der Waals surface area contributed by atoms with E-state index in [1.807, 2.05) is 77.7 Å². The molecule has 0 saturated heterocycles. The molecule has 0 fully saturated rings. The number of aromatic nitrogens is 3. The molecule has 0 bridgehead atoms. The van der Waals surface area contributed by atoms with Crippen molar-refractivity contribution in [3.05, 3.63) is 77.6 Å². The molecule has 2 aromatic heterocycles. The van der Waals surface area contributed by atoms with Gasteiger partial charge in [0.05, 0.1) is 17.5 Å². The van der Waals surface area contributed by atoms with Crippen LogP contribution in [0.2, 0.25) is 0 Å². The molecule has 0 aliphatic rings. The Morgan fingerprint density at radius 3 is 2.64 bits per heavy atom. The Balaban J connectivity index is 1.65. The number of amides is 1. The minimum atomic E-state index is -0.161. The van der Waals surface area contributed by atoms with Crippen molar-refractivity contribution in [1.29, 1.82) is 0 Å². The van der Waals surface area contributed by atoms with Gasteiger partial charge in [0.2, 0.25) is 0 Å². The van der Waals surface area contributed by atoms with Gasteiger partial charge in [-0.05, 0) is 25.3 Å². The van der Waals surface area contributed by atoms with Crippen molar-refractivity contribution >= 4 is 34.8 Å². The molecule has 0 saturated carbocycles. The van der Waals surface area contributed by atoms with Gasteiger partial charge in [-0.2, -0.15) is 0 Å². The fourth-order valence-corrected chi connectivity index (χ4v) is 4.39. The zero-order chi connectivity index (χ0) is 19.5. The Kier molecular flexibility index (Phi) is 5.27. The first-order chi connectivity index (χ1) is 13.7. The van der Waals surface area contributed by atoms with E-state index >= 15 is 0 Å².